The average molecular weight is 269 g/mol. The van der Waals surface area contributed by atoms with Gasteiger partial charge in [-0.25, -0.2) is 18.2 Å². The highest BCUT2D eigenvalue weighted by molar-refractivity contribution is 9.10. The zero-order valence-electron chi connectivity index (χ0n) is 7.35. The van der Waals surface area contributed by atoms with Crippen LogP contribution in [-0.2, 0) is 0 Å². The predicted octanol–water partition coefficient (Wildman–Crippen LogP) is 2.68. The fourth-order valence-electron chi connectivity index (χ4n) is 0.982. The second-order valence-electron chi connectivity index (χ2n) is 2.73. The quantitative estimate of drug-likeness (QED) is 0.838. The zero-order chi connectivity index (χ0) is 10.7. The van der Waals surface area contributed by atoms with Crippen LogP contribution in [0.4, 0.5) is 19.0 Å². The maximum absolute atomic E-state index is 13.2. The molecule has 0 aliphatic rings. The van der Waals surface area contributed by atoms with Gasteiger partial charge in [0.2, 0.25) is 0 Å². The van der Waals surface area contributed by atoms with Crippen molar-refractivity contribution in [3.05, 3.63) is 22.6 Å². The Kier molecular flexibility index (Phi) is 3.74. The minimum Gasteiger partial charge on any atom is -0.352 e. The molecule has 0 aliphatic carbocycles. The molecule has 0 fully saturated rings. The molecule has 0 N–H and O–H groups in total. The monoisotopic (exact) mass is 268 g/mol. The molecule has 1 rings (SSSR count). The van der Waals surface area contributed by atoms with Crippen molar-refractivity contribution in [2.75, 3.05) is 18.5 Å². The molecule has 0 unspecified atom stereocenters. The van der Waals surface area contributed by atoms with Gasteiger partial charge in [0.05, 0.1) is 6.54 Å². The van der Waals surface area contributed by atoms with Crippen LogP contribution in [-0.4, -0.2) is 25.0 Å². The minimum atomic E-state index is -2.51. The third kappa shape index (κ3) is 2.87. The number of nitrogens with zero attached hydrogens (tertiary/aromatic N) is 2. The summed E-state index contributed by atoms with van der Waals surface area (Å²) < 4.78 is 37.6. The van der Waals surface area contributed by atoms with E-state index in [4.69, 9.17) is 0 Å². The minimum absolute atomic E-state index is 0.0755. The van der Waals surface area contributed by atoms with Gasteiger partial charge in [-0.15, -0.1) is 0 Å². The maximum atomic E-state index is 13.2. The lowest BCUT2D eigenvalue weighted by atomic mass is 10.4. The first-order chi connectivity index (χ1) is 6.50. The molecular formula is C8H8BrF3N2. The maximum Gasteiger partial charge on any atom is 0.255 e. The van der Waals surface area contributed by atoms with E-state index in [0.717, 1.165) is 4.90 Å². The van der Waals surface area contributed by atoms with Crippen LogP contribution < -0.4 is 4.90 Å². The van der Waals surface area contributed by atoms with Crippen molar-refractivity contribution in [2.45, 2.75) is 6.43 Å². The lowest BCUT2D eigenvalue weighted by Crippen LogP contribution is -2.25. The molecular weight excluding hydrogens is 261 g/mol. The zero-order valence-corrected chi connectivity index (χ0v) is 8.93. The van der Waals surface area contributed by atoms with E-state index < -0.39 is 18.8 Å². The Hall–Kier alpha value is -0.780. The number of pyridine rings is 1. The summed E-state index contributed by atoms with van der Waals surface area (Å²) >= 11 is 3.03. The molecule has 0 saturated carbocycles. The number of hydrogen-bond acceptors (Lipinski definition) is 2. The molecule has 14 heavy (non-hydrogen) atoms. The number of hydrogen-bond donors (Lipinski definition) is 0. The highest BCUT2D eigenvalue weighted by atomic mass is 79.9. The molecule has 0 saturated heterocycles. The molecule has 0 bridgehead atoms. The fraction of sp³-hybridized carbons (Fsp3) is 0.375. The van der Waals surface area contributed by atoms with Gasteiger partial charge in [0.25, 0.3) is 6.43 Å². The molecule has 0 aliphatic heterocycles. The molecule has 0 atom stereocenters. The van der Waals surface area contributed by atoms with Gasteiger partial charge >= 0.3 is 0 Å². The van der Waals surface area contributed by atoms with Crippen molar-refractivity contribution in [3.63, 3.8) is 0 Å². The van der Waals surface area contributed by atoms with E-state index in [1.807, 2.05) is 0 Å². The molecule has 1 aromatic rings. The summed E-state index contributed by atoms with van der Waals surface area (Å²) in [6.07, 6.45) is -1.15. The van der Waals surface area contributed by atoms with E-state index in [2.05, 4.69) is 20.9 Å². The Morgan fingerprint density at radius 1 is 1.57 bits per heavy atom. The van der Waals surface area contributed by atoms with Crippen molar-refractivity contribution in [1.29, 1.82) is 0 Å². The molecule has 1 aromatic heterocycles. The van der Waals surface area contributed by atoms with Crippen LogP contribution >= 0.6 is 15.9 Å². The summed E-state index contributed by atoms with van der Waals surface area (Å²) in [4.78, 5) is 4.78. The number of anilines is 1. The largest absolute Gasteiger partial charge is 0.352 e. The van der Waals surface area contributed by atoms with Crippen molar-refractivity contribution in [2.24, 2.45) is 0 Å². The molecule has 0 aromatic carbocycles. The molecule has 2 nitrogen and oxygen atoms in total. The van der Waals surface area contributed by atoms with Crippen molar-refractivity contribution < 1.29 is 13.2 Å². The summed E-state index contributed by atoms with van der Waals surface area (Å²) in [5.74, 6) is -0.698. The number of alkyl halides is 2. The highest BCUT2D eigenvalue weighted by Gasteiger charge is 2.13. The highest BCUT2D eigenvalue weighted by Crippen LogP contribution is 2.19. The van der Waals surface area contributed by atoms with Crippen LogP contribution in [0.5, 0.6) is 0 Å². The van der Waals surface area contributed by atoms with Crippen LogP contribution in [0.1, 0.15) is 0 Å². The predicted molar refractivity (Wildman–Crippen MR) is 51.2 cm³/mol. The van der Waals surface area contributed by atoms with Crippen molar-refractivity contribution in [1.82, 2.24) is 4.98 Å². The molecule has 6 heteroatoms. The SMILES string of the molecule is CN(CC(F)F)c1ncc(Br)cc1F. The lowest BCUT2D eigenvalue weighted by molar-refractivity contribution is 0.156. The van der Waals surface area contributed by atoms with Crippen LogP contribution in [0, 0.1) is 5.82 Å². The lowest BCUT2D eigenvalue weighted by Gasteiger charge is -2.17. The smallest absolute Gasteiger partial charge is 0.255 e. The average Bonchev–Trinajstić information content (AvgIpc) is 2.01. The van der Waals surface area contributed by atoms with Gasteiger partial charge in [-0.2, -0.15) is 0 Å². The van der Waals surface area contributed by atoms with Gasteiger partial charge in [-0.3, -0.25) is 0 Å². The Bertz CT molecular complexity index is 319. The summed E-state index contributed by atoms with van der Waals surface area (Å²) in [6.45, 7) is -0.536. The van der Waals surface area contributed by atoms with Crippen LogP contribution in [0.25, 0.3) is 0 Å². The molecule has 0 amide bonds. The van der Waals surface area contributed by atoms with E-state index in [9.17, 15) is 13.2 Å². The van der Waals surface area contributed by atoms with Gasteiger partial charge < -0.3 is 4.90 Å². The van der Waals surface area contributed by atoms with Gasteiger partial charge in [-0.05, 0) is 22.0 Å². The fourth-order valence-corrected chi connectivity index (χ4v) is 1.29. The first-order valence-electron chi connectivity index (χ1n) is 3.81. The molecule has 0 spiro atoms. The van der Waals surface area contributed by atoms with E-state index in [1.165, 1.54) is 19.3 Å². The van der Waals surface area contributed by atoms with Gasteiger partial charge in [0, 0.05) is 17.7 Å². The Morgan fingerprint density at radius 2 is 2.21 bits per heavy atom. The number of halogens is 4. The third-order valence-corrected chi connectivity index (χ3v) is 2.00. The topological polar surface area (TPSA) is 16.1 Å². The van der Waals surface area contributed by atoms with E-state index in [0.29, 0.717) is 4.47 Å². The van der Waals surface area contributed by atoms with Crippen LogP contribution in [0.2, 0.25) is 0 Å². The summed E-state index contributed by atoms with van der Waals surface area (Å²) in [6, 6.07) is 1.18. The Balaban J connectivity index is 2.84. The second-order valence-corrected chi connectivity index (χ2v) is 3.65. The Labute approximate surface area is 87.9 Å². The van der Waals surface area contributed by atoms with Gasteiger partial charge in [0.1, 0.15) is 0 Å². The molecule has 0 radical (unpaired) electrons. The first-order valence-corrected chi connectivity index (χ1v) is 4.60. The summed E-state index contributed by atoms with van der Waals surface area (Å²) in [5, 5.41) is 0. The van der Waals surface area contributed by atoms with E-state index in [-0.39, 0.29) is 5.82 Å². The van der Waals surface area contributed by atoms with Gasteiger partial charge in [0.15, 0.2) is 11.6 Å². The number of aromatic nitrogens is 1. The Morgan fingerprint density at radius 3 is 2.71 bits per heavy atom. The number of rotatable bonds is 3. The van der Waals surface area contributed by atoms with Crippen LogP contribution in [0.3, 0.4) is 0 Å². The first kappa shape index (κ1) is 11.3. The second kappa shape index (κ2) is 4.63. The van der Waals surface area contributed by atoms with Crippen molar-refractivity contribution >= 4 is 21.7 Å². The van der Waals surface area contributed by atoms with Crippen molar-refractivity contribution in [3.8, 4) is 0 Å². The molecule has 78 valence electrons. The van der Waals surface area contributed by atoms with E-state index in [1.54, 1.807) is 0 Å². The van der Waals surface area contributed by atoms with Crippen LogP contribution in [0.15, 0.2) is 16.7 Å². The normalized spacial score (nSPS) is 10.7. The van der Waals surface area contributed by atoms with E-state index >= 15 is 0 Å². The van der Waals surface area contributed by atoms with Gasteiger partial charge in [-0.1, -0.05) is 0 Å². The summed E-state index contributed by atoms with van der Waals surface area (Å²) in [5.41, 5.74) is 0. The standard InChI is InChI=1S/C8H8BrF3N2/c1-14(4-7(11)12)8-6(10)2-5(9)3-13-8/h2-3,7H,4H2,1H3. The molecule has 1 heterocycles. The summed E-state index contributed by atoms with van der Waals surface area (Å²) in [7, 11) is 1.37. The third-order valence-electron chi connectivity index (χ3n) is 1.56.